The number of carboxylic acid groups (broad SMARTS) is 1. The lowest BCUT2D eigenvalue weighted by molar-refractivity contribution is -0.310. The molecule has 3 aromatic carbocycles. The summed E-state index contributed by atoms with van der Waals surface area (Å²) in [6, 6.07) is 27.6. The van der Waals surface area contributed by atoms with Crippen molar-refractivity contribution in [3.05, 3.63) is 144 Å². The highest BCUT2D eigenvalue weighted by Crippen LogP contribution is 2.35. The first-order valence-electron chi connectivity index (χ1n) is 30.2. The Morgan fingerprint density at radius 3 is 1.49 bits per heavy atom. The molecule has 0 spiro atoms. The maximum atomic E-state index is 13.0. The fraction of sp³-hybridized carbons (Fsp3) is 0.446. The smallest absolute Gasteiger partial charge is 0.364 e. The van der Waals surface area contributed by atoms with E-state index in [1.165, 1.54) is 30.4 Å². The van der Waals surface area contributed by atoms with E-state index in [0.29, 0.717) is 77.6 Å². The summed E-state index contributed by atoms with van der Waals surface area (Å²) >= 11 is 2.97. The van der Waals surface area contributed by atoms with E-state index >= 15 is 0 Å². The van der Waals surface area contributed by atoms with E-state index in [1.54, 1.807) is 97.3 Å². The minimum absolute atomic E-state index is 0.0246. The van der Waals surface area contributed by atoms with E-state index in [4.69, 9.17) is 18.9 Å². The normalized spacial score (nSPS) is 22.4. The number of ether oxygens (including phenoxy) is 4. The number of hydrogen-bond acceptors (Lipinski definition) is 22. The molecule has 28 heteroatoms. The van der Waals surface area contributed by atoms with Crippen LogP contribution in [-0.2, 0) is 38.1 Å². The van der Waals surface area contributed by atoms with Crippen molar-refractivity contribution in [1.29, 1.82) is 0 Å². The number of rotatable bonds is 35. The summed E-state index contributed by atoms with van der Waals surface area (Å²) in [5, 5.41) is 90.1. The Balaban J connectivity index is 0.765. The zero-order chi connectivity index (χ0) is 67.1. The molecule has 26 nitrogen and oxygen atoms in total. The first-order chi connectivity index (χ1) is 44.6. The molecule has 0 radical (unpaired) electrons. The summed E-state index contributed by atoms with van der Waals surface area (Å²) in [6.45, 7) is 1.49. The number of carbonyl (C=O) groups excluding carboxylic acids is 7. The standard InChI is InChI=1S/C65H79N7O19S2/c1-39(74)71-54-50(77)34-64(38-73,90-58(54)56(81)52(79)36-69-61(84)45-19-13-41(14-20-45)47-10-3-5-25-66-47)88-28-8-32-93-33-27-68-60(83)44-23-17-43(18-24-44)49(76)12-7-30-92-31-9-29-89-65(63(86)87)35-51(78)55(72-40(2)75)59(91-65)57(82)53(80)37-70-62(85)46-21-15-42(16-22-46)48-11-4-6-26-67-48/h3-6,10-11,13-26,38,50-59,77-82H,7-9,12,27-37H2,1-2H3,(H,68,83)(H,69,84)(H,70,85)(H,71,74)(H,72,75)(H,86,87)/t50-,51-,52+,53+,54+,55+,56+,57+,58+,59+,64+,65+/m0/s1. The van der Waals surface area contributed by atoms with Gasteiger partial charge in [0.05, 0.1) is 61.1 Å². The fourth-order valence-electron chi connectivity index (χ4n) is 10.4. The lowest BCUT2D eigenvalue weighted by atomic mass is 9.88. The number of aldehydes is 1. The Morgan fingerprint density at radius 1 is 0.581 bits per heavy atom. The Labute approximate surface area is 545 Å². The van der Waals surface area contributed by atoms with Crippen molar-refractivity contribution >= 4 is 71.1 Å². The van der Waals surface area contributed by atoms with Gasteiger partial charge in [-0.1, -0.05) is 48.5 Å². The van der Waals surface area contributed by atoms with Gasteiger partial charge in [0.2, 0.25) is 17.6 Å². The maximum Gasteiger partial charge on any atom is 0.364 e. The Hall–Kier alpha value is -7.58. The van der Waals surface area contributed by atoms with Crippen LogP contribution in [0, 0.1) is 0 Å². The maximum absolute atomic E-state index is 13.0. The summed E-state index contributed by atoms with van der Waals surface area (Å²) in [5.74, 6) is -6.87. The lowest BCUT2D eigenvalue weighted by Crippen LogP contribution is -2.68. The molecule has 500 valence electrons. The van der Waals surface area contributed by atoms with Gasteiger partial charge >= 0.3 is 5.97 Å². The van der Waals surface area contributed by atoms with Crippen molar-refractivity contribution in [3.63, 3.8) is 0 Å². The van der Waals surface area contributed by atoms with Crippen molar-refractivity contribution < 1.29 is 93.0 Å². The van der Waals surface area contributed by atoms with Crippen molar-refractivity contribution in [2.75, 3.05) is 55.9 Å². The molecule has 2 aromatic heterocycles. The van der Waals surface area contributed by atoms with Crippen LogP contribution in [-0.4, -0.2) is 222 Å². The van der Waals surface area contributed by atoms with E-state index in [1.807, 2.05) is 24.3 Å². The van der Waals surface area contributed by atoms with Gasteiger partial charge in [-0.3, -0.25) is 43.5 Å². The first kappa shape index (κ1) is 72.8. The minimum atomic E-state index is -2.48. The highest BCUT2D eigenvalue weighted by atomic mass is 32.2. The predicted octanol–water partition coefficient (Wildman–Crippen LogP) is 2.07. The van der Waals surface area contributed by atoms with Gasteiger partial charge in [-0.15, -0.1) is 0 Å². The number of thioether (sulfide) groups is 2. The number of hydrogen-bond donors (Lipinski definition) is 12. The zero-order valence-electron chi connectivity index (χ0n) is 51.2. The van der Waals surface area contributed by atoms with Crippen LogP contribution < -0.4 is 26.6 Å². The molecule has 2 aliphatic rings. The molecule has 4 heterocycles. The monoisotopic (exact) mass is 1330 g/mol. The molecular formula is C65H79N7O19S2. The molecule has 12 atom stereocenters. The summed E-state index contributed by atoms with van der Waals surface area (Å²) in [6.07, 6.45) is -9.41. The van der Waals surface area contributed by atoms with Crippen LogP contribution in [0.2, 0.25) is 0 Å². The van der Waals surface area contributed by atoms with Gasteiger partial charge in [-0.05, 0) is 97.2 Å². The molecule has 2 saturated heterocycles. The Kier molecular flexibility index (Phi) is 27.9. The van der Waals surface area contributed by atoms with Crippen molar-refractivity contribution in [2.45, 2.75) is 125 Å². The van der Waals surface area contributed by atoms with Crippen molar-refractivity contribution in [2.24, 2.45) is 0 Å². The summed E-state index contributed by atoms with van der Waals surface area (Å²) in [7, 11) is 0. The van der Waals surface area contributed by atoms with Gasteiger partial charge in [-0.2, -0.15) is 23.5 Å². The number of carboxylic acids is 1. The molecule has 0 unspecified atom stereocenters. The highest BCUT2D eigenvalue weighted by Gasteiger charge is 2.56. The lowest BCUT2D eigenvalue weighted by Gasteiger charge is -2.46. The number of nitrogens with one attached hydrogen (secondary N) is 5. The molecule has 0 aliphatic carbocycles. The van der Waals surface area contributed by atoms with Crippen LogP contribution in [0.25, 0.3) is 22.5 Å². The molecule has 2 aliphatic heterocycles. The van der Waals surface area contributed by atoms with Crippen molar-refractivity contribution in [3.8, 4) is 22.5 Å². The Bertz CT molecular complexity index is 3270. The zero-order valence-corrected chi connectivity index (χ0v) is 52.9. The number of nitrogens with zero attached hydrogens (tertiary/aromatic N) is 2. The Morgan fingerprint density at radius 2 is 1.02 bits per heavy atom. The molecule has 5 amide bonds. The second kappa shape index (κ2) is 35.6. The molecule has 5 aromatic rings. The van der Waals surface area contributed by atoms with Gasteiger partial charge in [0.25, 0.3) is 23.5 Å². The molecular weight excluding hydrogens is 1250 g/mol. The largest absolute Gasteiger partial charge is 0.477 e. The van der Waals surface area contributed by atoms with E-state index in [9.17, 15) is 74.1 Å². The molecule has 0 saturated carbocycles. The van der Waals surface area contributed by atoms with E-state index in [0.717, 1.165) is 18.1 Å². The third kappa shape index (κ3) is 21.0. The number of Topliss-reactive ketones (excluding diaryl/α,β-unsaturated/α-hetero) is 1. The van der Waals surface area contributed by atoms with Crippen LogP contribution in [0.15, 0.2) is 122 Å². The van der Waals surface area contributed by atoms with Gasteiger partial charge in [-0.25, -0.2) is 4.79 Å². The number of aliphatic carboxylic acids is 1. The van der Waals surface area contributed by atoms with Crippen LogP contribution >= 0.6 is 23.5 Å². The highest BCUT2D eigenvalue weighted by molar-refractivity contribution is 7.99. The average Bonchev–Trinajstić information content (AvgIpc) is 0.822. The molecule has 0 bridgehead atoms. The molecule has 7 rings (SSSR count). The number of pyridine rings is 2. The van der Waals surface area contributed by atoms with Crippen LogP contribution in [0.4, 0.5) is 0 Å². The number of carbonyl (C=O) groups is 8. The van der Waals surface area contributed by atoms with Gasteiger partial charge < -0.3 is 81.3 Å². The number of aliphatic hydroxyl groups excluding tert-OH is 6. The summed E-state index contributed by atoms with van der Waals surface area (Å²) in [5.41, 5.74) is 4.24. The second-order valence-corrected chi connectivity index (χ2v) is 24.7. The predicted molar refractivity (Wildman–Crippen MR) is 342 cm³/mol. The van der Waals surface area contributed by atoms with Crippen LogP contribution in [0.1, 0.15) is 93.8 Å². The van der Waals surface area contributed by atoms with Crippen LogP contribution in [0.5, 0.6) is 0 Å². The SMILES string of the molecule is CC(=O)N[C@H]1[C@H]([C@H](O)[C@H](O)CNC(=O)c2ccc(-c3ccccn3)cc2)O[C@](C=O)(OCCCSCCNC(=O)c2ccc(C(=O)CCCSCCCO[C@]3(C(=O)O)C[C@H](O)[C@@H](NC(C)=O)[C@H]([C@H](O)[C@H](O)CNC(=O)c4ccc(-c5ccccn5)cc4)O3)cc2)C[C@@H]1O. The number of ketones is 1. The number of benzene rings is 3. The third-order valence-corrected chi connectivity index (χ3v) is 17.5. The average molecular weight is 1330 g/mol. The minimum Gasteiger partial charge on any atom is -0.477 e. The van der Waals surface area contributed by atoms with Gasteiger partial charge in [0, 0.05) is 104 Å². The summed E-state index contributed by atoms with van der Waals surface area (Å²) in [4.78, 5) is 110. The quantitative estimate of drug-likeness (QED) is 0.0157. The van der Waals surface area contributed by atoms with Crippen LogP contribution in [0.3, 0.4) is 0 Å². The number of amides is 5. The first-order valence-corrected chi connectivity index (χ1v) is 32.6. The molecule has 12 N–H and O–H groups in total. The van der Waals surface area contributed by atoms with E-state index in [-0.39, 0.29) is 42.5 Å². The summed E-state index contributed by atoms with van der Waals surface area (Å²) < 4.78 is 23.4. The van der Waals surface area contributed by atoms with Gasteiger partial charge in [0.15, 0.2) is 12.1 Å². The fourth-order valence-corrected chi connectivity index (χ4v) is 12.0. The van der Waals surface area contributed by atoms with E-state index in [2.05, 4.69) is 36.6 Å². The van der Waals surface area contributed by atoms with Crippen molar-refractivity contribution in [1.82, 2.24) is 36.6 Å². The number of aromatic nitrogens is 2. The third-order valence-electron chi connectivity index (χ3n) is 15.3. The van der Waals surface area contributed by atoms with Gasteiger partial charge in [0.1, 0.15) is 24.4 Å². The number of aliphatic hydroxyl groups is 6. The van der Waals surface area contributed by atoms with E-state index < -0.39 is 128 Å². The second-order valence-electron chi connectivity index (χ2n) is 22.3. The topological polar surface area (TPSA) is 401 Å². The molecule has 93 heavy (non-hydrogen) atoms. The molecule has 2 fully saturated rings.